The van der Waals surface area contributed by atoms with Crippen LogP contribution in [0.5, 0.6) is 0 Å². The Hall–Kier alpha value is 1.02. The van der Waals surface area contributed by atoms with E-state index in [2.05, 4.69) is 13.8 Å². The molecule has 0 fully saturated rings. The summed E-state index contributed by atoms with van der Waals surface area (Å²) in [4.78, 5) is 9.48. The number of carboxylic acid groups (broad SMARTS) is 1. The molecule has 0 aliphatic rings. The fraction of sp³-hybridized carbons (Fsp3) is 0.667. The van der Waals surface area contributed by atoms with Crippen molar-refractivity contribution >= 4 is 16.1 Å². The first-order chi connectivity index (χ1) is 5.33. The van der Waals surface area contributed by atoms with Gasteiger partial charge in [0.05, 0.1) is 0 Å². The number of carbonyl (C=O) groups is 1. The van der Waals surface area contributed by atoms with E-state index in [0.717, 1.165) is 6.42 Å². The maximum atomic E-state index is 9.62. The van der Waals surface area contributed by atoms with Crippen LogP contribution in [0.15, 0.2) is 0 Å². The van der Waals surface area contributed by atoms with E-state index >= 15 is 0 Å². The molecule has 74 valence electrons. The Morgan fingerprint density at radius 1 is 1.46 bits per heavy atom. The van der Waals surface area contributed by atoms with E-state index in [1.54, 1.807) is 0 Å². The van der Waals surface area contributed by atoms with Gasteiger partial charge in [0.1, 0.15) is 0 Å². The zero-order valence-electron chi connectivity index (χ0n) is 7.86. The molecule has 0 aromatic rings. The van der Waals surface area contributed by atoms with Crippen molar-refractivity contribution in [2.75, 3.05) is 5.75 Å². The zero-order chi connectivity index (χ0) is 10.2. The van der Waals surface area contributed by atoms with Crippen molar-refractivity contribution in [3.05, 3.63) is 6.92 Å². The molecule has 0 spiro atoms. The predicted molar refractivity (Wildman–Crippen MR) is 44.3 cm³/mol. The van der Waals surface area contributed by atoms with E-state index in [4.69, 9.17) is 9.66 Å². The summed E-state index contributed by atoms with van der Waals surface area (Å²) in [5.74, 6) is -2.79. The fourth-order valence-corrected chi connectivity index (χ4v) is 0.468. The van der Waals surface area contributed by atoms with Crippen molar-refractivity contribution in [1.29, 1.82) is 0 Å². The molecule has 0 unspecified atom stereocenters. The van der Waals surface area contributed by atoms with Crippen LogP contribution in [-0.4, -0.2) is 29.8 Å². The van der Waals surface area contributed by atoms with Gasteiger partial charge in [-0.25, -0.2) is 0 Å². The standard InChI is InChI=1S/C4H9.C2H4O5S.K/c1-3-4-2;3-2(4)1-8(5,6)7;/h1,3-4H2,2H3;1H2,(H,3,4)(H,5,6,7);/q-1;;+1. The fourth-order valence-electron chi connectivity index (χ4n) is 0.156. The second kappa shape index (κ2) is 11.1. The third-order valence-corrected chi connectivity index (χ3v) is 1.27. The molecular formula is C6H13KO5S. The number of unbranched alkanes of at least 4 members (excludes halogenated alkanes) is 1. The molecule has 0 atom stereocenters. The molecule has 0 radical (unpaired) electrons. The Balaban J connectivity index is -0.000000173. The average molecular weight is 236 g/mol. The third-order valence-electron chi connectivity index (χ3n) is 0.659. The van der Waals surface area contributed by atoms with Gasteiger partial charge in [-0.05, 0) is 0 Å². The average Bonchev–Trinajstić information content (AvgIpc) is 1.83. The molecule has 0 aromatic heterocycles. The number of rotatable bonds is 3. The Labute approximate surface area is 121 Å². The summed E-state index contributed by atoms with van der Waals surface area (Å²) in [6.45, 7) is 5.72. The van der Waals surface area contributed by atoms with Crippen molar-refractivity contribution in [2.45, 2.75) is 19.8 Å². The summed E-state index contributed by atoms with van der Waals surface area (Å²) in [6.07, 6.45) is 2.28. The smallest absolute Gasteiger partial charge is 0.480 e. The van der Waals surface area contributed by atoms with Gasteiger partial charge in [0.25, 0.3) is 10.1 Å². The Morgan fingerprint density at radius 3 is 1.77 bits per heavy atom. The first-order valence-electron chi connectivity index (χ1n) is 3.29. The molecule has 0 aliphatic carbocycles. The first-order valence-corrected chi connectivity index (χ1v) is 4.90. The van der Waals surface area contributed by atoms with Crippen LogP contribution >= 0.6 is 0 Å². The largest absolute Gasteiger partial charge is 1.00 e. The van der Waals surface area contributed by atoms with Crippen LogP contribution in [0, 0.1) is 6.92 Å². The Morgan fingerprint density at radius 2 is 1.77 bits per heavy atom. The van der Waals surface area contributed by atoms with Gasteiger partial charge in [0, 0.05) is 0 Å². The molecule has 13 heavy (non-hydrogen) atoms. The van der Waals surface area contributed by atoms with E-state index in [9.17, 15) is 13.2 Å². The van der Waals surface area contributed by atoms with E-state index in [1.807, 2.05) is 0 Å². The van der Waals surface area contributed by atoms with E-state index < -0.39 is 21.8 Å². The second-order valence-electron chi connectivity index (χ2n) is 1.97. The minimum Gasteiger partial charge on any atom is -0.480 e. The normalized spacial score (nSPS) is 9.15. The summed E-state index contributed by atoms with van der Waals surface area (Å²) >= 11 is 0. The van der Waals surface area contributed by atoms with Gasteiger partial charge in [-0.1, -0.05) is 13.3 Å². The first kappa shape index (κ1) is 19.6. The Kier molecular flexibility index (Phi) is 16.7. The molecule has 0 saturated carbocycles. The van der Waals surface area contributed by atoms with Gasteiger partial charge in [-0.15, -0.1) is 0 Å². The molecule has 0 aromatic carbocycles. The van der Waals surface area contributed by atoms with Crippen LogP contribution in [0.4, 0.5) is 0 Å². The molecule has 2 N–H and O–H groups in total. The molecule has 5 nitrogen and oxygen atoms in total. The van der Waals surface area contributed by atoms with E-state index in [1.165, 1.54) is 6.42 Å². The monoisotopic (exact) mass is 236 g/mol. The van der Waals surface area contributed by atoms with Gasteiger partial charge in [-0.2, -0.15) is 14.8 Å². The number of hydrogen-bond acceptors (Lipinski definition) is 3. The van der Waals surface area contributed by atoms with Crippen LogP contribution in [0.1, 0.15) is 19.8 Å². The molecule has 0 heterocycles. The second-order valence-corrected chi connectivity index (χ2v) is 3.43. The topological polar surface area (TPSA) is 91.7 Å². The molecule has 0 saturated heterocycles. The predicted octanol–water partition coefficient (Wildman–Crippen LogP) is -2.42. The molecule has 0 bridgehead atoms. The van der Waals surface area contributed by atoms with Crippen LogP contribution in [0.3, 0.4) is 0 Å². The van der Waals surface area contributed by atoms with Crippen molar-refractivity contribution in [3.63, 3.8) is 0 Å². The van der Waals surface area contributed by atoms with E-state index in [0.29, 0.717) is 0 Å². The summed E-state index contributed by atoms with van der Waals surface area (Å²) in [5.41, 5.74) is 0. The van der Waals surface area contributed by atoms with Crippen molar-refractivity contribution in [3.8, 4) is 0 Å². The van der Waals surface area contributed by atoms with Gasteiger partial charge < -0.3 is 12.0 Å². The number of aliphatic carboxylic acids is 1. The quantitative estimate of drug-likeness (QED) is 0.323. The SMILES string of the molecule is O=C(O)CS(=O)(=O)O.[CH2-]CCC.[K+]. The minimum atomic E-state index is -4.32. The Bertz CT molecular complexity index is 209. The van der Waals surface area contributed by atoms with Gasteiger partial charge in [0.15, 0.2) is 5.75 Å². The van der Waals surface area contributed by atoms with Gasteiger partial charge in [-0.3, -0.25) is 9.35 Å². The van der Waals surface area contributed by atoms with Crippen LogP contribution in [0.2, 0.25) is 0 Å². The molecule has 0 rings (SSSR count). The van der Waals surface area contributed by atoms with Crippen LogP contribution in [0.25, 0.3) is 0 Å². The maximum Gasteiger partial charge on any atom is 1.00 e. The number of carboxylic acids is 1. The third kappa shape index (κ3) is 32.1. The zero-order valence-corrected chi connectivity index (χ0v) is 11.8. The molecule has 7 heteroatoms. The minimum absolute atomic E-state index is 0. The van der Waals surface area contributed by atoms with Crippen molar-refractivity contribution in [2.24, 2.45) is 0 Å². The van der Waals surface area contributed by atoms with E-state index in [-0.39, 0.29) is 51.4 Å². The molecule has 0 aliphatic heterocycles. The maximum absolute atomic E-state index is 9.62. The number of hydrogen-bond donors (Lipinski definition) is 2. The van der Waals surface area contributed by atoms with Crippen LogP contribution in [-0.2, 0) is 14.9 Å². The van der Waals surface area contributed by atoms with Crippen molar-refractivity contribution < 1.29 is 74.3 Å². The van der Waals surface area contributed by atoms with Crippen molar-refractivity contribution in [1.82, 2.24) is 0 Å². The van der Waals surface area contributed by atoms with Gasteiger partial charge in [0.2, 0.25) is 0 Å². The molecular weight excluding hydrogens is 223 g/mol. The summed E-state index contributed by atoms with van der Waals surface area (Å²) in [7, 11) is -4.32. The van der Waals surface area contributed by atoms with Gasteiger partial charge >= 0.3 is 57.4 Å². The summed E-state index contributed by atoms with van der Waals surface area (Å²) < 4.78 is 27.0. The summed E-state index contributed by atoms with van der Waals surface area (Å²) in [6, 6.07) is 0. The molecule has 0 amide bonds. The summed E-state index contributed by atoms with van der Waals surface area (Å²) in [5, 5.41) is 7.71. The van der Waals surface area contributed by atoms with Crippen LogP contribution < -0.4 is 51.4 Å².